The third-order valence-electron chi connectivity index (χ3n) is 0. The van der Waals surface area contributed by atoms with Crippen molar-refractivity contribution in [1.29, 1.82) is 0 Å². The van der Waals surface area contributed by atoms with Gasteiger partial charge in [0.2, 0.25) is 0 Å². The van der Waals surface area contributed by atoms with E-state index in [0.717, 1.165) is 0 Å². The largest absolute Gasteiger partial charge is 0.394 e. The zero-order valence-electron chi connectivity index (χ0n) is 4.20. The second-order valence-electron chi connectivity index (χ2n) is 0.715. The van der Waals surface area contributed by atoms with Gasteiger partial charge in [0.05, 0.1) is 6.67 Å². The molecule has 0 spiro atoms. The number of hydrogen-bond donors (Lipinski definition) is 2. The maximum Gasteiger partial charge on any atom is 0.394 e. The highest BCUT2D eigenvalue weighted by molar-refractivity contribution is 7.79. The van der Waals surface area contributed by atoms with E-state index in [9.17, 15) is 4.39 Å². The Balaban J connectivity index is 0. The SMILES string of the molecule is CCF.O=S(=O)(O)O. The molecule has 0 aromatic heterocycles. The van der Waals surface area contributed by atoms with Gasteiger partial charge >= 0.3 is 10.4 Å². The summed E-state index contributed by atoms with van der Waals surface area (Å²) in [7, 11) is -4.67. The minimum Gasteiger partial charge on any atom is -0.264 e. The van der Waals surface area contributed by atoms with Crippen LogP contribution in [-0.2, 0) is 10.4 Å². The molecule has 0 heterocycles. The molecule has 2 N–H and O–H groups in total. The van der Waals surface area contributed by atoms with Crippen molar-refractivity contribution in [1.82, 2.24) is 0 Å². The summed E-state index contributed by atoms with van der Waals surface area (Å²) < 4.78 is 41.9. The highest BCUT2D eigenvalue weighted by Gasteiger charge is 1.84. The van der Waals surface area contributed by atoms with E-state index in [4.69, 9.17) is 17.5 Å². The summed E-state index contributed by atoms with van der Waals surface area (Å²) in [6.45, 7) is 1.21. The summed E-state index contributed by atoms with van der Waals surface area (Å²) in [5, 5.41) is 0. The van der Waals surface area contributed by atoms with Crippen molar-refractivity contribution in [3.8, 4) is 0 Å². The van der Waals surface area contributed by atoms with Crippen LogP contribution in [-0.4, -0.2) is 24.2 Å². The van der Waals surface area contributed by atoms with Gasteiger partial charge in [-0.3, -0.25) is 13.5 Å². The van der Waals surface area contributed by atoms with Crippen LogP contribution in [0.4, 0.5) is 4.39 Å². The fourth-order valence-corrected chi connectivity index (χ4v) is 0. The predicted octanol–water partition coefficient (Wildman–Crippen LogP) is 0.323. The van der Waals surface area contributed by atoms with Gasteiger partial charge in [0, 0.05) is 0 Å². The van der Waals surface area contributed by atoms with Crippen LogP contribution >= 0.6 is 0 Å². The van der Waals surface area contributed by atoms with Crippen molar-refractivity contribution in [2.45, 2.75) is 6.92 Å². The minimum atomic E-state index is -4.67. The van der Waals surface area contributed by atoms with Crippen LogP contribution in [0.3, 0.4) is 0 Å². The molecule has 0 amide bonds. The summed E-state index contributed by atoms with van der Waals surface area (Å²) in [6.07, 6.45) is 0. The number of hydrogen-bond acceptors (Lipinski definition) is 2. The van der Waals surface area contributed by atoms with E-state index in [1.165, 1.54) is 6.92 Å². The van der Waals surface area contributed by atoms with Crippen LogP contribution in [0.2, 0.25) is 0 Å². The van der Waals surface area contributed by atoms with Gasteiger partial charge in [-0.2, -0.15) is 8.42 Å². The van der Waals surface area contributed by atoms with Crippen LogP contribution in [0.1, 0.15) is 6.92 Å². The van der Waals surface area contributed by atoms with Crippen molar-refractivity contribution >= 4 is 10.4 Å². The lowest BCUT2D eigenvalue weighted by Crippen LogP contribution is -1.89. The molecular weight excluding hydrogens is 139 g/mol. The van der Waals surface area contributed by atoms with E-state index >= 15 is 0 Å². The van der Waals surface area contributed by atoms with E-state index < -0.39 is 10.4 Å². The molecule has 0 unspecified atom stereocenters. The molecule has 0 atom stereocenters. The molecule has 0 aliphatic carbocycles. The first kappa shape index (κ1) is 10.7. The molecule has 4 nitrogen and oxygen atoms in total. The van der Waals surface area contributed by atoms with Crippen LogP contribution in [0.25, 0.3) is 0 Å². The molecular formula is C2H7FO4S. The molecule has 0 aliphatic rings. The number of alkyl halides is 1. The molecule has 0 bridgehead atoms. The third-order valence-corrected chi connectivity index (χ3v) is 0. The van der Waals surface area contributed by atoms with Crippen LogP contribution in [0.15, 0.2) is 0 Å². The summed E-state index contributed by atoms with van der Waals surface area (Å²) >= 11 is 0. The average molecular weight is 146 g/mol. The van der Waals surface area contributed by atoms with Gasteiger partial charge < -0.3 is 0 Å². The Hall–Kier alpha value is -0.200. The Morgan fingerprint density at radius 2 is 1.50 bits per heavy atom. The van der Waals surface area contributed by atoms with E-state index in [0.29, 0.717) is 0 Å². The van der Waals surface area contributed by atoms with E-state index in [1.54, 1.807) is 0 Å². The first-order chi connectivity index (χ1) is 3.41. The zero-order chi connectivity index (χ0) is 7.21. The van der Waals surface area contributed by atoms with E-state index in [1.807, 2.05) is 0 Å². The first-order valence-electron chi connectivity index (χ1n) is 1.67. The molecule has 52 valence electrons. The molecule has 0 aliphatic heterocycles. The predicted molar refractivity (Wildman–Crippen MR) is 25.8 cm³/mol. The number of halogens is 1. The lowest BCUT2D eigenvalue weighted by Gasteiger charge is -1.68. The third kappa shape index (κ3) is 3340. The summed E-state index contributed by atoms with van der Waals surface area (Å²) in [5.74, 6) is 0. The standard InChI is InChI=1S/C2H5F.H2O4S/c1-2-3;1-5(2,3)4/h2H2,1H3;(H2,1,2,3,4). The average Bonchev–Trinajstić information content (AvgIpc) is 1.27. The van der Waals surface area contributed by atoms with Crippen LogP contribution in [0, 0.1) is 0 Å². The molecule has 0 aromatic rings. The quantitative estimate of drug-likeness (QED) is 0.483. The minimum absolute atomic E-state index is 0.250. The van der Waals surface area contributed by atoms with Crippen LogP contribution in [0.5, 0.6) is 0 Å². The van der Waals surface area contributed by atoms with Crippen molar-refractivity contribution in [2.24, 2.45) is 0 Å². The second-order valence-corrected chi connectivity index (χ2v) is 1.61. The molecule has 0 radical (unpaired) electrons. The fraction of sp³-hybridized carbons (Fsp3) is 1.00. The second kappa shape index (κ2) is 4.95. The molecule has 0 saturated carbocycles. The summed E-state index contributed by atoms with van der Waals surface area (Å²) in [4.78, 5) is 0. The van der Waals surface area contributed by atoms with Crippen LogP contribution < -0.4 is 0 Å². The van der Waals surface area contributed by atoms with E-state index in [-0.39, 0.29) is 6.67 Å². The van der Waals surface area contributed by atoms with Gasteiger partial charge in [0.1, 0.15) is 0 Å². The molecule has 0 rings (SSSR count). The lowest BCUT2D eigenvalue weighted by molar-refractivity contribution is 0.381. The smallest absolute Gasteiger partial charge is 0.264 e. The van der Waals surface area contributed by atoms with Crippen molar-refractivity contribution < 1.29 is 21.9 Å². The van der Waals surface area contributed by atoms with Gasteiger partial charge in [0.25, 0.3) is 0 Å². The summed E-state index contributed by atoms with van der Waals surface area (Å²) in [5.41, 5.74) is 0. The van der Waals surface area contributed by atoms with Gasteiger partial charge in [-0.25, -0.2) is 0 Å². The molecule has 0 aromatic carbocycles. The Bertz CT molecular complexity index is 108. The number of rotatable bonds is 0. The lowest BCUT2D eigenvalue weighted by atomic mass is 10.9. The van der Waals surface area contributed by atoms with Crippen molar-refractivity contribution in [3.63, 3.8) is 0 Å². The molecule has 0 fully saturated rings. The zero-order valence-corrected chi connectivity index (χ0v) is 5.02. The normalized spacial score (nSPS) is 9.50. The first-order valence-corrected chi connectivity index (χ1v) is 3.07. The Kier molecular flexibility index (Phi) is 6.63. The van der Waals surface area contributed by atoms with Crippen molar-refractivity contribution in [3.05, 3.63) is 0 Å². The molecule has 6 heteroatoms. The van der Waals surface area contributed by atoms with Gasteiger partial charge in [-0.05, 0) is 6.92 Å². The Labute approximate surface area is 46.9 Å². The Morgan fingerprint density at radius 3 is 1.50 bits per heavy atom. The topological polar surface area (TPSA) is 74.6 Å². The Morgan fingerprint density at radius 1 is 1.50 bits per heavy atom. The van der Waals surface area contributed by atoms with Crippen molar-refractivity contribution in [2.75, 3.05) is 6.67 Å². The molecule has 0 saturated heterocycles. The highest BCUT2D eigenvalue weighted by atomic mass is 32.3. The summed E-state index contributed by atoms with van der Waals surface area (Å²) in [6, 6.07) is 0. The van der Waals surface area contributed by atoms with E-state index in [2.05, 4.69) is 0 Å². The monoisotopic (exact) mass is 146 g/mol. The highest BCUT2D eigenvalue weighted by Crippen LogP contribution is 1.59. The van der Waals surface area contributed by atoms with Gasteiger partial charge in [-0.15, -0.1) is 0 Å². The maximum atomic E-state index is 10.3. The maximum absolute atomic E-state index is 10.3. The molecule has 8 heavy (non-hydrogen) atoms. The van der Waals surface area contributed by atoms with Gasteiger partial charge in [-0.1, -0.05) is 0 Å². The fourth-order valence-electron chi connectivity index (χ4n) is 0. The van der Waals surface area contributed by atoms with Gasteiger partial charge in [0.15, 0.2) is 0 Å².